The first-order chi connectivity index (χ1) is 17.8. The van der Waals surface area contributed by atoms with Crippen molar-refractivity contribution in [1.29, 1.82) is 0 Å². The third-order valence-corrected chi connectivity index (χ3v) is 6.27. The zero-order valence-corrected chi connectivity index (χ0v) is 20.2. The van der Waals surface area contributed by atoms with Crippen LogP contribution in [0.5, 0.6) is 11.5 Å². The highest BCUT2D eigenvalue weighted by molar-refractivity contribution is 5.97. The number of hydrogen-bond acceptors (Lipinski definition) is 5. The summed E-state index contributed by atoms with van der Waals surface area (Å²) < 4.78 is 11.7. The molecule has 36 heavy (non-hydrogen) atoms. The van der Waals surface area contributed by atoms with Crippen LogP contribution in [0.25, 0.3) is 11.3 Å². The maximum atomic E-state index is 12.8. The molecule has 5 rings (SSSR count). The Bertz CT molecular complexity index is 1310. The Morgan fingerprint density at radius 2 is 1.58 bits per heavy atom. The Kier molecular flexibility index (Phi) is 7.52. The lowest BCUT2D eigenvalue weighted by atomic mass is 9.92. The van der Waals surface area contributed by atoms with Gasteiger partial charge in [0.25, 0.3) is 5.91 Å². The van der Waals surface area contributed by atoms with Crippen LogP contribution in [0.2, 0.25) is 0 Å². The smallest absolute Gasteiger partial charge is 0.272 e. The highest BCUT2D eigenvalue weighted by Crippen LogP contribution is 2.26. The van der Waals surface area contributed by atoms with Gasteiger partial charge in [-0.05, 0) is 66.6 Å². The first-order valence-electron chi connectivity index (χ1n) is 12.4. The molecule has 1 N–H and O–H groups in total. The van der Waals surface area contributed by atoms with Gasteiger partial charge in [-0.2, -0.15) is 0 Å². The molecule has 1 aromatic heterocycles. The average Bonchev–Trinajstić information content (AvgIpc) is 2.95. The van der Waals surface area contributed by atoms with E-state index in [0.29, 0.717) is 25.5 Å². The molecule has 0 spiro atoms. The van der Waals surface area contributed by atoms with Crippen LogP contribution in [0.4, 0.5) is 0 Å². The maximum absolute atomic E-state index is 12.8. The number of nitrogens with one attached hydrogen (secondary N) is 1. The minimum atomic E-state index is -0.283. The zero-order chi connectivity index (χ0) is 24.6. The Labute approximate surface area is 211 Å². The number of hydrogen-bond donors (Lipinski definition) is 1. The third kappa shape index (κ3) is 5.89. The molecule has 6 nitrogen and oxygen atoms in total. The van der Waals surface area contributed by atoms with E-state index in [9.17, 15) is 4.79 Å². The van der Waals surface area contributed by atoms with Gasteiger partial charge >= 0.3 is 0 Å². The second-order valence-corrected chi connectivity index (χ2v) is 8.79. The molecule has 0 bridgehead atoms. The van der Waals surface area contributed by atoms with Gasteiger partial charge in [-0.1, -0.05) is 48.5 Å². The standard InChI is InChI=1S/C30H29N3O3/c34-30(33-18-19-35-26-8-2-1-3-9-26)29-28(31-16-17-32-29)24-12-10-22(11-13-24)21-36-27-15-14-23-6-4-5-7-25(23)20-27/h1-3,8-17,20H,4-7,18-19,21H2,(H,33,34). The molecule has 0 radical (unpaired) electrons. The van der Waals surface area contributed by atoms with Gasteiger partial charge in [-0.15, -0.1) is 0 Å². The van der Waals surface area contributed by atoms with Gasteiger partial charge in [0.15, 0.2) is 5.69 Å². The summed E-state index contributed by atoms with van der Waals surface area (Å²) in [6, 6.07) is 23.8. The number of rotatable bonds is 9. The number of carbonyl (C=O) groups excluding carboxylic acids is 1. The van der Waals surface area contributed by atoms with Gasteiger partial charge in [0.2, 0.25) is 0 Å². The SMILES string of the molecule is O=C(NCCOc1ccccc1)c1nccnc1-c1ccc(COc2ccc3c(c2)CCCC3)cc1. The van der Waals surface area contributed by atoms with Crippen molar-refractivity contribution in [2.75, 3.05) is 13.2 Å². The molecule has 1 heterocycles. The second kappa shape index (κ2) is 11.5. The van der Waals surface area contributed by atoms with Crippen molar-refractivity contribution in [3.8, 4) is 22.8 Å². The number of ether oxygens (including phenoxy) is 2. The number of fused-ring (bicyclic) bond motifs is 1. The third-order valence-electron chi connectivity index (χ3n) is 6.27. The number of aryl methyl sites for hydroxylation is 2. The summed E-state index contributed by atoms with van der Waals surface area (Å²) >= 11 is 0. The molecule has 0 saturated carbocycles. The summed E-state index contributed by atoms with van der Waals surface area (Å²) in [7, 11) is 0. The van der Waals surface area contributed by atoms with Crippen LogP contribution in [0.15, 0.2) is 85.2 Å². The molecule has 0 saturated heterocycles. The van der Waals surface area contributed by atoms with E-state index in [1.54, 1.807) is 6.20 Å². The molecule has 1 aliphatic carbocycles. The lowest BCUT2D eigenvalue weighted by molar-refractivity contribution is 0.0942. The molecule has 0 unspecified atom stereocenters. The van der Waals surface area contributed by atoms with E-state index < -0.39 is 0 Å². The summed E-state index contributed by atoms with van der Waals surface area (Å²) in [5, 5.41) is 2.86. The van der Waals surface area contributed by atoms with E-state index in [4.69, 9.17) is 9.47 Å². The van der Waals surface area contributed by atoms with Gasteiger partial charge < -0.3 is 14.8 Å². The number of carbonyl (C=O) groups is 1. The number of aromatic nitrogens is 2. The second-order valence-electron chi connectivity index (χ2n) is 8.79. The van der Waals surface area contributed by atoms with Crippen LogP contribution in [-0.4, -0.2) is 29.0 Å². The van der Waals surface area contributed by atoms with Crippen molar-refractivity contribution in [1.82, 2.24) is 15.3 Å². The van der Waals surface area contributed by atoms with E-state index in [1.165, 1.54) is 36.6 Å². The molecule has 4 aromatic rings. The fourth-order valence-electron chi connectivity index (χ4n) is 4.37. The summed E-state index contributed by atoms with van der Waals surface area (Å²) in [5.74, 6) is 1.39. The minimum Gasteiger partial charge on any atom is -0.492 e. The van der Waals surface area contributed by atoms with Crippen LogP contribution in [0.1, 0.15) is 40.0 Å². The van der Waals surface area contributed by atoms with Crippen LogP contribution in [-0.2, 0) is 19.4 Å². The van der Waals surface area contributed by atoms with Crippen LogP contribution in [0, 0.1) is 0 Å². The Morgan fingerprint density at radius 3 is 2.42 bits per heavy atom. The molecule has 3 aromatic carbocycles. The molecule has 0 aliphatic heterocycles. The van der Waals surface area contributed by atoms with Crippen molar-refractivity contribution in [2.24, 2.45) is 0 Å². The zero-order valence-electron chi connectivity index (χ0n) is 20.2. The molecular weight excluding hydrogens is 450 g/mol. The van der Waals surface area contributed by atoms with Gasteiger partial charge in [0.05, 0.1) is 6.54 Å². The van der Waals surface area contributed by atoms with E-state index >= 15 is 0 Å². The fraction of sp³-hybridized carbons (Fsp3) is 0.233. The number of benzene rings is 3. The predicted molar refractivity (Wildman–Crippen MR) is 139 cm³/mol. The monoisotopic (exact) mass is 479 g/mol. The van der Waals surface area contributed by atoms with Crippen molar-refractivity contribution in [3.63, 3.8) is 0 Å². The summed E-state index contributed by atoms with van der Waals surface area (Å²) in [6.07, 6.45) is 7.95. The largest absolute Gasteiger partial charge is 0.492 e. The molecule has 1 amide bonds. The van der Waals surface area contributed by atoms with E-state index in [0.717, 1.165) is 29.0 Å². The van der Waals surface area contributed by atoms with E-state index in [2.05, 4.69) is 33.5 Å². The Hall–Kier alpha value is -4.19. The lowest BCUT2D eigenvalue weighted by Crippen LogP contribution is -2.29. The summed E-state index contributed by atoms with van der Waals surface area (Å²) in [6.45, 7) is 1.21. The molecule has 0 fully saturated rings. The first-order valence-corrected chi connectivity index (χ1v) is 12.4. The molecule has 0 atom stereocenters. The number of amides is 1. The average molecular weight is 480 g/mol. The first kappa shape index (κ1) is 23.5. The van der Waals surface area contributed by atoms with E-state index in [-0.39, 0.29) is 11.6 Å². The number of para-hydroxylation sites is 1. The highest BCUT2D eigenvalue weighted by Gasteiger charge is 2.16. The molecule has 1 aliphatic rings. The Morgan fingerprint density at radius 1 is 0.806 bits per heavy atom. The normalized spacial score (nSPS) is 12.4. The van der Waals surface area contributed by atoms with Crippen LogP contribution >= 0.6 is 0 Å². The summed E-state index contributed by atoms with van der Waals surface area (Å²) in [5.41, 5.74) is 5.56. The number of nitrogens with zero attached hydrogens (tertiary/aromatic N) is 2. The predicted octanol–water partition coefficient (Wildman–Crippen LogP) is 5.41. The maximum Gasteiger partial charge on any atom is 0.272 e. The quantitative estimate of drug-likeness (QED) is 0.325. The van der Waals surface area contributed by atoms with Crippen LogP contribution < -0.4 is 14.8 Å². The van der Waals surface area contributed by atoms with Gasteiger partial charge in [0, 0.05) is 18.0 Å². The topological polar surface area (TPSA) is 73.3 Å². The van der Waals surface area contributed by atoms with Gasteiger partial charge in [0.1, 0.15) is 30.4 Å². The van der Waals surface area contributed by atoms with Crippen molar-refractivity contribution < 1.29 is 14.3 Å². The fourth-order valence-corrected chi connectivity index (χ4v) is 4.37. The highest BCUT2D eigenvalue weighted by atomic mass is 16.5. The van der Waals surface area contributed by atoms with Crippen LogP contribution in [0.3, 0.4) is 0 Å². The lowest BCUT2D eigenvalue weighted by Gasteiger charge is -2.17. The molecule has 182 valence electrons. The van der Waals surface area contributed by atoms with Crippen molar-refractivity contribution in [3.05, 3.63) is 108 Å². The Balaban J connectivity index is 1.18. The summed E-state index contributed by atoms with van der Waals surface area (Å²) in [4.78, 5) is 21.5. The molecule has 6 heteroatoms. The van der Waals surface area contributed by atoms with Gasteiger partial charge in [-0.3, -0.25) is 9.78 Å². The minimum absolute atomic E-state index is 0.283. The van der Waals surface area contributed by atoms with Crippen molar-refractivity contribution >= 4 is 5.91 Å². The van der Waals surface area contributed by atoms with Crippen molar-refractivity contribution in [2.45, 2.75) is 32.3 Å². The van der Waals surface area contributed by atoms with Gasteiger partial charge in [-0.25, -0.2) is 4.98 Å². The van der Waals surface area contributed by atoms with E-state index in [1.807, 2.05) is 54.6 Å². The molecular formula is C30H29N3O3.